The first-order valence-corrected chi connectivity index (χ1v) is 5.29. The molecule has 1 fully saturated rings. The maximum atomic E-state index is 12.4. The Labute approximate surface area is 93.4 Å². The normalized spacial score (nSPS) is 16.5. The van der Waals surface area contributed by atoms with Crippen molar-refractivity contribution in [3.63, 3.8) is 0 Å². The number of rotatable bonds is 2. The molecule has 0 radical (unpaired) electrons. The lowest BCUT2D eigenvalue weighted by molar-refractivity contribution is -0.138. The first-order valence-electron chi connectivity index (χ1n) is 4.50. The third-order valence-electron chi connectivity index (χ3n) is 2.07. The molecule has 0 aromatic heterocycles. The van der Waals surface area contributed by atoms with Gasteiger partial charge in [0.25, 0.3) is 0 Å². The van der Waals surface area contributed by atoms with Gasteiger partial charge in [-0.15, -0.1) is 0 Å². The molecule has 2 rings (SSSR count). The van der Waals surface area contributed by atoms with Crippen LogP contribution in [0.15, 0.2) is 22.7 Å². The fourth-order valence-electron chi connectivity index (χ4n) is 1.18. The van der Waals surface area contributed by atoms with E-state index in [1.54, 1.807) is 0 Å². The SMILES string of the molecule is FC(F)(F)c1ccc(OC2CC2)cc1Br. The number of benzene rings is 1. The van der Waals surface area contributed by atoms with Crippen LogP contribution in [0.5, 0.6) is 5.75 Å². The van der Waals surface area contributed by atoms with Crippen LogP contribution < -0.4 is 4.74 Å². The van der Waals surface area contributed by atoms with Crippen LogP contribution >= 0.6 is 15.9 Å². The third-order valence-corrected chi connectivity index (χ3v) is 2.73. The second kappa shape index (κ2) is 3.70. The van der Waals surface area contributed by atoms with Gasteiger partial charge >= 0.3 is 6.18 Å². The molecule has 0 heterocycles. The van der Waals surface area contributed by atoms with E-state index < -0.39 is 11.7 Å². The molecule has 0 atom stereocenters. The van der Waals surface area contributed by atoms with E-state index in [1.165, 1.54) is 12.1 Å². The average molecular weight is 281 g/mol. The van der Waals surface area contributed by atoms with Gasteiger partial charge < -0.3 is 4.74 Å². The van der Waals surface area contributed by atoms with Gasteiger partial charge in [0.2, 0.25) is 0 Å². The van der Waals surface area contributed by atoms with Gasteiger partial charge in [0.15, 0.2) is 0 Å². The molecule has 1 nitrogen and oxygen atoms in total. The zero-order valence-electron chi connectivity index (χ0n) is 7.64. The van der Waals surface area contributed by atoms with Crippen molar-refractivity contribution in [3.05, 3.63) is 28.2 Å². The van der Waals surface area contributed by atoms with Gasteiger partial charge in [-0.05, 0) is 31.0 Å². The number of hydrogen-bond donors (Lipinski definition) is 0. The largest absolute Gasteiger partial charge is 0.490 e. The predicted molar refractivity (Wildman–Crippen MR) is 52.8 cm³/mol. The van der Waals surface area contributed by atoms with Crippen molar-refractivity contribution in [2.24, 2.45) is 0 Å². The van der Waals surface area contributed by atoms with Crippen molar-refractivity contribution in [2.45, 2.75) is 25.1 Å². The van der Waals surface area contributed by atoms with Crippen molar-refractivity contribution >= 4 is 15.9 Å². The summed E-state index contributed by atoms with van der Waals surface area (Å²) in [4.78, 5) is 0. The molecule has 15 heavy (non-hydrogen) atoms. The molecule has 0 saturated heterocycles. The average Bonchev–Trinajstić information content (AvgIpc) is 2.85. The minimum atomic E-state index is -4.32. The number of alkyl halides is 3. The second-order valence-corrected chi connectivity index (χ2v) is 4.31. The van der Waals surface area contributed by atoms with Crippen molar-refractivity contribution in [2.75, 3.05) is 0 Å². The number of halogens is 4. The quantitative estimate of drug-likeness (QED) is 0.795. The molecule has 0 spiro atoms. The van der Waals surface area contributed by atoms with Crippen LogP contribution in [-0.4, -0.2) is 6.10 Å². The van der Waals surface area contributed by atoms with Crippen LogP contribution in [0.4, 0.5) is 13.2 Å². The van der Waals surface area contributed by atoms with E-state index >= 15 is 0 Å². The second-order valence-electron chi connectivity index (χ2n) is 3.46. The maximum Gasteiger partial charge on any atom is 0.417 e. The van der Waals surface area contributed by atoms with E-state index in [4.69, 9.17) is 4.74 Å². The molecule has 0 bridgehead atoms. The summed E-state index contributed by atoms with van der Waals surface area (Å²) in [6.45, 7) is 0. The van der Waals surface area contributed by atoms with Crippen LogP contribution in [0, 0.1) is 0 Å². The van der Waals surface area contributed by atoms with Gasteiger partial charge in [0.1, 0.15) is 5.75 Å². The molecule has 0 N–H and O–H groups in total. The lowest BCUT2D eigenvalue weighted by atomic mass is 10.2. The molecule has 0 amide bonds. The van der Waals surface area contributed by atoms with Crippen molar-refractivity contribution in [1.82, 2.24) is 0 Å². The molecule has 1 aromatic rings. The zero-order valence-corrected chi connectivity index (χ0v) is 9.23. The van der Waals surface area contributed by atoms with Gasteiger partial charge in [-0.1, -0.05) is 15.9 Å². The highest BCUT2D eigenvalue weighted by molar-refractivity contribution is 9.10. The summed E-state index contributed by atoms with van der Waals surface area (Å²) in [6.07, 6.45) is -2.16. The summed E-state index contributed by atoms with van der Waals surface area (Å²) in [5.41, 5.74) is -0.675. The first-order chi connectivity index (χ1) is 6.97. The Morgan fingerprint density at radius 1 is 1.27 bits per heavy atom. The number of hydrogen-bond acceptors (Lipinski definition) is 1. The topological polar surface area (TPSA) is 9.23 Å². The van der Waals surface area contributed by atoms with Gasteiger partial charge in [-0.3, -0.25) is 0 Å². The van der Waals surface area contributed by atoms with Gasteiger partial charge in [0, 0.05) is 4.47 Å². The number of ether oxygens (including phenoxy) is 1. The Balaban J connectivity index is 2.21. The Kier molecular flexibility index (Phi) is 2.66. The highest BCUT2D eigenvalue weighted by Crippen LogP contribution is 2.37. The zero-order chi connectivity index (χ0) is 11.1. The highest BCUT2D eigenvalue weighted by atomic mass is 79.9. The molecule has 0 aliphatic heterocycles. The molecule has 1 aromatic carbocycles. The predicted octanol–water partition coefficient (Wildman–Crippen LogP) is 4.01. The molecule has 0 unspecified atom stereocenters. The summed E-state index contributed by atoms with van der Waals surface area (Å²) in [5.74, 6) is 0.484. The van der Waals surface area contributed by atoms with Crippen LogP contribution in [0.25, 0.3) is 0 Å². The smallest absolute Gasteiger partial charge is 0.417 e. The monoisotopic (exact) mass is 280 g/mol. The van der Waals surface area contributed by atoms with Crippen molar-refractivity contribution < 1.29 is 17.9 Å². The van der Waals surface area contributed by atoms with Crippen molar-refractivity contribution in [1.29, 1.82) is 0 Å². The lowest BCUT2D eigenvalue weighted by Gasteiger charge is -2.11. The summed E-state index contributed by atoms with van der Waals surface area (Å²) >= 11 is 2.89. The fraction of sp³-hybridized carbons (Fsp3) is 0.400. The minimum absolute atomic E-state index is 0.0214. The van der Waals surface area contributed by atoms with E-state index in [1.807, 2.05) is 0 Å². The minimum Gasteiger partial charge on any atom is -0.490 e. The molecule has 82 valence electrons. The van der Waals surface area contributed by atoms with Crippen molar-refractivity contribution in [3.8, 4) is 5.75 Å². The fourth-order valence-corrected chi connectivity index (χ4v) is 1.76. The van der Waals surface area contributed by atoms with E-state index in [9.17, 15) is 13.2 Å². The van der Waals surface area contributed by atoms with Gasteiger partial charge in [-0.2, -0.15) is 13.2 Å². The summed E-state index contributed by atoms with van der Waals surface area (Å²) in [5, 5.41) is 0. The van der Waals surface area contributed by atoms with E-state index in [-0.39, 0.29) is 10.6 Å². The molecule has 1 aliphatic carbocycles. The molecular weight excluding hydrogens is 273 g/mol. The van der Waals surface area contributed by atoms with Gasteiger partial charge in [-0.25, -0.2) is 0 Å². The first kappa shape index (κ1) is 10.8. The Bertz CT molecular complexity index is 371. The summed E-state index contributed by atoms with van der Waals surface area (Å²) in [7, 11) is 0. The molecule has 1 saturated carbocycles. The maximum absolute atomic E-state index is 12.4. The highest BCUT2D eigenvalue weighted by Gasteiger charge is 2.33. The van der Waals surface area contributed by atoms with E-state index in [2.05, 4.69) is 15.9 Å². The molecular formula is C10H8BrF3O. The van der Waals surface area contributed by atoms with Gasteiger partial charge in [0.05, 0.1) is 11.7 Å². The van der Waals surface area contributed by atoms with Crippen LogP contribution in [-0.2, 0) is 6.18 Å². The summed E-state index contributed by atoms with van der Waals surface area (Å²) in [6, 6.07) is 3.74. The van der Waals surface area contributed by atoms with E-state index in [0.29, 0.717) is 5.75 Å². The lowest BCUT2D eigenvalue weighted by Crippen LogP contribution is -2.06. The Morgan fingerprint density at radius 3 is 2.40 bits per heavy atom. The standard InChI is InChI=1S/C10H8BrF3O/c11-9-5-7(15-6-1-2-6)3-4-8(9)10(12,13)14/h3-6H,1-2H2. The van der Waals surface area contributed by atoms with Crippen LogP contribution in [0.1, 0.15) is 18.4 Å². The van der Waals surface area contributed by atoms with Crippen LogP contribution in [0.2, 0.25) is 0 Å². The molecule has 5 heteroatoms. The summed E-state index contributed by atoms with van der Waals surface area (Å²) < 4.78 is 42.6. The van der Waals surface area contributed by atoms with E-state index in [0.717, 1.165) is 18.9 Å². The van der Waals surface area contributed by atoms with Crippen LogP contribution in [0.3, 0.4) is 0 Å². The Morgan fingerprint density at radius 2 is 1.93 bits per heavy atom. The Hall–Kier alpha value is -0.710. The third kappa shape index (κ3) is 2.65. The molecule has 1 aliphatic rings.